The van der Waals surface area contributed by atoms with Crippen LogP contribution in [0, 0.1) is 4.84 Å². The number of Topliss-reactive ketones (excluding diaryl/α,β-unsaturated/α-hetero) is 1. The zero-order valence-electron chi connectivity index (χ0n) is 17.5. The average molecular weight is 492 g/mol. The molecule has 2 atom stereocenters. The molecule has 1 heterocycles. The maximum atomic E-state index is 13.4. The van der Waals surface area contributed by atoms with Crippen molar-refractivity contribution in [2.45, 2.75) is 50.0 Å². The number of hydrogen-bond acceptors (Lipinski definition) is 6. The van der Waals surface area contributed by atoms with Crippen LogP contribution in [0.2, 0.25) is 5.02 Å². The molecule has 168 valence electrons. The number of carbonyl (C=O) groups is 1. The van der Waals surface area contributed by atoms with Crippen LogP contribution in [0.1, 0.15) is 65.2 Å². The van der Waals surface area contributed by atoms with Gasteiger partial charge in [0.15, 0.2) is 5.78 Å². The fourth-order valence-corrected chi connectivity index (χ4v) is 6.34. The Bertz CT molecular complexity index is 1350. The number of nitrogens with one attached hydrogen (secondary N) is 2. The third-order valence-electron chi connectivity index (χ3n) is 5.79. The number of rotatable bonds is 7. The van der Waals surface area contributed by atoms with Crippen LogP contribution >= 0.6 is 23.8 Å². The standard InChI is InChI=1S/C22H22ClN3O4S2/c1-12(15-8-3-6-14-7-4-9-16(14)15)20(21-24-25-22(31)30-21)26-32(28,29)18-11-5-10-17(23)19(18)13(2)27/h3,5-6,8,10-12,20,26H,4,7,9H2,1-2H3,(H,25,31)/t12-,20+/m1/s1. The number of sulfonamides is 1. The van der Waals surface area contributed by atoms with Gasteiger partial charge in [0.1, 0.15) is 6.04 Å². The molecule has 0 saturated carbocycles. The predicted molar refractivity (Wildman–Crippen MR) is 123 cm³/mol. The number of H-pyrrole nitrogens is 1. The highest BCUT2D eigenvalue weighted by atomic mass is 35.5. The number of halogens is 1. The zero-order valence-corrected chi connectivity index (χ0v) is 19.9. The maximum absolute atomic E-state index is 13.4. The average Bonchev–Trinajstić information content (AvgIpc) is 3.39. The molecule has 10 heteroatoms. The van der Waals surface area contributed by atoms with Crippen molar-refractivity contribution < 1.29 is 17.6 Å². The summed E-state index contributed by atoms with van der Waals surface area (Å²) in [6, 6.07) is 9.54. The van der Waals surface area contributed by atoms with E-state index in [1.165, 1.54) is 36.2 Å². The van der Waals surface area contributed by atoms with Gasteiger partial charge in [0.05, 0.1) is 15.5 Å². The van der Waals surface area contributed by atoms with Gasteiger partial charge in [-0.1, -0.05) is 42.8 Å². The van der Waals surface area contributed by atoms with Crippen molar-refractivity contribution in [3.05, 3.63) is 74.4 Å². The molecule has 32 heavy (non-hydrogen) atoms. The van der Waals surface area contributed by atoms with E-state index in [0.717, 1.165) is 24.8 Å². The second kappa shape index (κ2) is 8.90. The van der Waals surface area contributed by atoms with E-state index in [-0.39, 0.29) is 32.1 Å². The summed E-state index contributed by atoms with van der Waals surface area (Å²) in [7, 11) is -4.17. The number of nitrogens with zero attached hydrogens (tertiary/aromatic N) is 1. The molecule has 0 saturated heterocycles. The molecule has 2 aromatic carbocycles. The Morgan fingerprint density at radius 2 is 2.00 bits per heavy atom. The van der Waals surface area contributed by atoms with E-state index in [1.54, 1.807) is 0 Å². The molecule has 0 amide bonds. The lowest BCUT2D eigenvalue weighted by Gasteiger charge is -2.25. The van der Waals surface area contributed by atoms with Gasteiger partial charge in [-0.15, -0.1) is 5.10 Å². The minimum absolute atomic E-state index is 0.0434. The second-order valence-electron chi connectivity index (χ2n) is 7.85. The van der Waals surface area contributed by atoms with Crippen LogP contribution in [-0.4, -0.2) is 24.4 Å². The van der Waals surface area contributed by atoms with E-state index in [2.05, 4.69) is 21.0 Å². The largest absolute Gasteiger partial charge is 0.412 e. The molecule has 7 nitrogen and oxygen atoms in total. The first-order valence-corrected chi connectivity index (χ1v) is 12.4. The molecule has 0 unspecified atom stereocenters. The smallest absolute Gasteiger partial charge is 0.284 e. The van der Waals surface area contributed by atoms with Gasteiger partial charge >= 0.3 is 0 Å². The van der Waals surface area contributed by atoms with Crippen LogP contribution in [0.5, 0.6) is 0 Å². The fraction of sp³-hybridized carbons (Fsp3) is 0.318. The zero-order chi connectivity index (χ0) is 23.0. The van der Waals surface area contributed by atoms with E-state index >= 15 is 0 Å². The van der Waals surface area contributed by atoms with Gasteiger partial charge < -0.3 is 4.42 Å². The van der Waals surface area contributed by atoms with Gasteiger partial charge in [-0.3, -0.25) is 4.79 Å². The third-order valence-corrected chi connectivity index (χ3v) is 7.77. The fourth-order valence-electron chi connectivity index (χ4n) is 4.30. The summed E-state index contributed by atoms with van der Waals surface area (Å²) in [6.07, 6.45) is 2.99. The van der Waals surface area contributed by atoms with Gasteiger partial charge in [0.2, 0.25) is 15.9 Å². The minimum atomic E-state index is -4.17. The number of hydrogen-bond donors (Lipinski definition) is 2. The minimum Gasteiger partial charge on any atom is -0.412 e. The molecule has 0 bridgehead atoms. The van der Waals surface area contributed by atoms with Gasteiger partial charge in [0.25, 0.3) is 4.84 Å². The molecule has 2 N–H and O–H groups in total. The molecule has 0 fully saturated rings. The molecule has 3 aromatic rings. The molecular formula is C22H22ClN3O4S2. The Hall–Kier alpha value is -2.33. The number of aromatic nitrogens is 2. The number of ketones is 1. The molecule has 1 aliphatic carbocycles. The van der Waals surface area contributed by atoms with E-state index in [1.807, 2.05) is 19.1 Å². The summed E-state index contributed by atoms with van der Waals surface area (Å²) >= 11 is 11.2. The first kappa shape index (κ1) is 22.8. The predicted octanol–water partition coefficient (Wildman–Crippen LogP) is 4.90. The third kappa shape index (κ3) is 4.30. The molecular weight excluding hydrogens is 470 g/mol. The summed E-state index contributed by atoms with van der Waals surface area (Å²) in [5, 5.41) is 6.73. The van der Waals surface area contributed by atoms with Crippen LogP contribution in [0.3, 0.4) is 0 Å². The van der Waals surface area contributed by atoms with Crippen LogP contribution < -0.4 is 4.72 Å². The first-order chi connectivity index (χ1) is 15.2. The number of aryl methyl sites for hydroxylation is 1. The maximum Gasteiger partial charge on any atom is 0.284 e. The van der Waals surface area contributed by atoms with Gasteiger partial charge in [0, 0.05) is 5.92 Å². The summed E-state index contributed by atoms with van der Waals surface area (Å²) in [6.45, 7) is 3.19. The van der Waals surface area contributed by atoms with Gasteiger partial charge in [-0.05, 0) is 67.2 Å². The van der Waals surface area contributed by atoms with Crippen molar-refractivity contribution in [1.82, 2.24) is 14.9 Å². The van der Waals surface area contributed by atoms with Gasteiger partial charge in [-0.2, -0.15) is 4.72 Å². The quantitative estimate of drug-likeness (QED) is 0.359. The van der Waals surface area contributed by atoms with Crippen molar-refractivity contribution in [2.75, 3.05) is 0 Å². The topological polar surface area (TPSA) is 105 Å². The molecule has 0 spiro atoms. The monoisotopic (exact) mass is 491 g/mol. The Morgan fingerprint density at radius 3 is 2.69 bits per heavy atom. The SMILES string of the molecule is CC(=O)c1c(Cl)cccc1S(=O)(=O)N[C@H](c1n[nH]c(=S)o1)[C@H](C)c1cccc2c1CCC2. The highest BCUT2D eigenvalue weighted by Crippen LogP contribution is 2.37. The van der Waals surface area contributed by atoms with Crippen LogP contribution in [0.4, 0.5) is 0 Å². The van der Waals surface area contributed by atoms with E-state index in [9.17, 15) is 13.2 Å². The number of benzene rings is 2. The summed E-state index contributed by atoms with van der Waals surface area (Å²) in [5.41, 5.74) is 3.46. The summed E-state index contributed by atoms with van der Waals surface area (Å²) in [4.78, 5) is 12.0. The van der Waals surface area contributed by atoms with Crippen molar-refractivity contribution >= 4 is 39.6 Å². The molecule has 1 aromatic heterocycles. The van der Waals surface area contributed by atoms with Crippen molar-refractivity contribution in [2.24, 2.45) is 0 Å². The lowest BCUT2D eigenvalue weighted by atomic mass is 9.88. The highest BCUT2D eigenvalue weighted by molar-refractivity contribution is 7.89. The van der Waals surface area contributed by atoms with E-state index in [0.29, 0.717) is 0 Å². The van der Waals surface area contributed by atoms with Crippen molar-refractivity contribution in [3.8, 4) is 0 Å². The number of aromatic amines is 1. The Labute approximate surface area is 196 Å². The lowest BCUT2D eigenvalue weighted by molar-refractivity contribution is 0.101. The Balaban J connectivity index is 1.80. The molecule has 0 aliphatic heterocycles. The highest BCUT2D eigenvalue weighted by Gasteiger charge is 2.34. The van der Waals surface area contributed by atoms with Crippen molar-refractivity contribution in [1.29, 1.82) is 0 Å². The molecule has 4 rings (SSSR count). The molecule has 0 radical (unpaired) electrons. The summed E-state index contributed by atoms with van der Waals surface area (Å²) < 4.78 is 35.1. The van der Waals surface area contributed by atoms with Crippen LogP contribution in [-0.2, 0) is 22.9 Å². The summed E-state index contributed by atoms with van der Waals surface area (Å²) in [5.74, 6) is -0.647. The van der Waals surface area contributed by atoms with Crippen molar-refractivity contribution in [3.63, 3.8) is 0 Å². The normalized spacial score (nSPS) is 15.3. The molecule has 1 aliphatic rings. The second-order valence-corrected chi connectivity index (χ2v) is 10.3. The Morgan fingerprint density at radius 1 is 1.25 bits per heavy atom. The van der Waals surface area contributed by atoms with Crippen LogP contribution in [0.15, 0.2) is 45.7 Å². The Kier molecular flexibility index (Phi) is 6.35. The number of carbonyl (C=O) groups excluding carboxylic acids is 1. The van der Waals surface area contributed by atoms with E-state index in [4.69, 9.17) is 28.2 Å². The lowest BCUT2D eigenvalue weighted by Crippen LogP contribution is -2.33. The van der Waals surface area contributed by atoms with Gasteiger partial charge in [-0.25, -0.2) is 13.5 Å². The first-order valence-electron chi connectivity index (χ1n) is 10.2. The van der Waals surface area contributed by atoms with E-state index < -0.39 is 21.8 Å². The number of fused-ring (bicyclic) bond motifs is 1. The van der Waals surface area contributed by atoms with Crippen LogP contribution in [0.25, 0.3) is 0 Å².